The van der Waals surface area contributed by atoms with Crippen LogP contribution in [0.1, 0.15) is 88.6 Å². The first-order chi connectivity index (χ1) is 26.5. The highest BCUT2D eigenvalue weighted by molar-refractivity contribution is 7.13. The van der Waals surface area contributed by atoms with Gasteiger partial charge in [0.25, 0.3) is 0 Å². The molecule has 7 N–H and O–H groups in total. The second kappa shape index (κ2) is 18.9. The highest BCUT2D eigenvalue weighted by Crippen LogP contribution is 2.38. The smallest absolute Gasteiger partial charge is 0.246 e. The average Bonchev–Trinajstić information content (AvgIpc) is 3.77. The first-order valence-corrected chi connectivity index (χ1v) is 20.5. The van der Waals surface area contributed by atoms with Crippen molar-refractivity contribution in [2.45, 2.75) is 103 Å². The summed E-state index contributed by atoms with van der Waals surface area (Å²) < 4.78 is 5.89. The Hall–Kier alpha value is -4.08. The van der Waals surface area contributed by atoms with Gasteiger partial charge in [-0.1, -0.05) is 68.8 Å². The molecule has 3 heterocycles. The number of hydrogen-bond donors (Lipinski definition) is 5. The van der Waals surface area contributed by atoms with Gasteiger partial charge in [-0.25, -0.2) is 4.98 Å². The van der Waals surface area contributed by atoms with Crippen LogP contribution in [0, 0.1) is 12.3 Å². The highest BCUT2D eigenvalue weighted by Gasteiger charge is 2.45. The summed E-state index contributed by atoms with van der Waals surface area (Å²) in [7, 11) is 0. The van der Waals surface area contributed by atoms with E-state index in [2.05, 4.69) is 20.5 Å². The van der Waals surface area contributed by atoms with Crippen LogP contribution in [0.4, 0.5) is 0 Å². The average molecular weight is 810 g/mol. The third-order valence-corrected chi connectivity index (χ3v) is 12.0. The van der Waals surface area contributed by atoms with Crippen molar-refractivity contribution in [3.63, 3.8) is 0 Å². The van der Waals surface area contributed by atoms with Gasteiger partial charge in [0.05, 0.1) is 39.8 Å². The monoisotopic (exact) mass is 809 g/mol. The van der Waals surface area contributed by atoms with Crippen molar-refractivity contribution in [2.75, 3.05) is 32.8 Å². The van der Waals surface area contributed by atoms with Crippen LogP contribution < -0.4 is 26.8 Å². The SMILES string of the molecule is Cc1ncsc1-c1ccc([C@H](C)NC(=O)[C@@H]2C[C@@H](O)CN2C(=O)[C@@H](NC(=O)CN2CCC(c3cccc(OC[C@@H](N)CCC(N)=O)c3Cl)CC2)C(C)(C)C)cc1. The Morgan fingerprint density at radius 2 is 1.79 bits per heavy atom. The summed E-state index contributed by atoms with van der Waals surface area (Å²) in [5.74, 6) is -0.749. The number of rotatable bonds is 15. The standard InChI is InChI=1S/C41H56ClN7O6S/c1-24(26-9-11-28(12-10-26)37-25(2)45-23-56-37)46-39(53)32-19-30(50)20-49(32)40(54)38(41(3,4)5)47-35(52)21-48-17-15-27(16-18-48)31-7-6-8-33(36(31)42)55-22-29(43)13-14-34(44)51/h6-12,23-24,27,29-30,32,38,50H,13-22,43H2,1-5H3,(H2,44,51)(H,46,53)(H,47,52)/t24-,29-,30+,32-,38+/m0/s1. The lowest BCUT2D eigenvalue weighted by molar-refractivity contribution is -0.144. The number of aromatic nitrogens is 1. The van der Waals surface area contributed by atoms with Crippen LogP contribution >= 0.6 is 22.9 Å². The molecule has 5 atom stereocenters. The molecule has 4 amide bonds. The Labute approximate surface area is 338 Å². The second-order valence-corrected chi connectivity index (χ2v) is 17.4. The lowest BCUT2D eigenvalue weighted by Gasteiger charge is -2.36. The van der Waals surface area contributed by atoms with Crippen molar-refractivity contribution in [3.05, 3.63) is 69.8 Å². The van der Waals surface area contributed by atoms with Gasteiger partial charge in [-0.15, -0.1) is 11.3 Å². The molecule has 2 aromatic carbocycles. The Kier molecular flexibility index (Phi) is 14.5. The maximum Gasteiger partial charge on any atom is 0.246 e. The number of nitrogens with zero attached hydrogens (tertiary/aromatic N) is 3. The molecule has 56 heavy (non-hydrogen) atoms. The van der Waals surface area contributed by atoms with E-state index in [9.17, 15) is 24.3 Å². The number of likely N-dealkylation sites (tertiary alicyclic amines) is 2. The summed E-state index contributed by atoms with van der Waals surface area (Å²) in [6.07, 6.45) is 1.40. The number of aliphatic hydroxyl groups is 1. The number of ether oxygens (including phenoxy) is 1. The molecule has 5 rings (SSSR count). The van der Waals surface area contributed by atoms with Crippen molar-refractivity contribution in [3.8, 4) is 16.2 Å². The first-order valence-electron chi connectivity index (χ1n) is 19.3. The second-order valence-electron chi connectivity index (χ2n) is 16.2. The van der Waals surface area contributed by atoms with Crippen LogP contribution in [0.25, 0.3) is 10.4 Å². The molecule has 3 aromatic rings. The first kappa shape index (κ1) is 43.1. The van der Waals surface area contributed by atoms with Crippen LogP contribution in [0.3, 0.4) is 0 Å². The zero-order valence-corrected chi connectivity index (χ0v) is 34.5. The van der Waals surface area contributed by atoms with Crippen LogP contribution in [0.5, 0.6) is 5.75 Å². The molecule has 0 spiro atoms. The number of halogens is 1. The molecular weight excluding hydrogens is 754 g/mol. The third-order valence-electron chi connectivity index (χ3n) is 10.7. The van der Waals surface area contributed by atoms with E-state index in [4.69, 9.17) is 27.8 Å². The minimum Gasteiger partial charge on any atom is -0.490 e. The fraction of sp³-hybridized carbons (Fsp3) is 0.537. The highest BCUT2D eigenvalue weighted by atomic mass is 35.5. The quantitative estimate of drug-likeness (QED) is 0.149. The number of amides is 4. The predicted octanol–water partition coefficient (Wildman–Crippen LogP) is 4.29. The molecule has 0 saturated carbocycles. The number of nitrogens with two attached hydrogens (primary N) is 2. The molecule has 15 heteroatoms. The Morgan fingerprint density at radius 1 is 1.09 bits per heavy atom. The summed E-state index contributed by atoms with van der Waals surface area (Å²) in [6.45, 7) is 11.1. The van der Waals surface area contributed by atoms with Crippen LogP contribution in [0.15, 0.2) is 48.0 Å². The number of primary amides is 1. The van der Waals surface area contributed by atoms with Gasteiger partial charge in [-0.3, -0.25) is 24.1 Å². The normalized spacial score (nSPS) is 19.6. The number of piperidine rings is 1. The molecule has 304 valence electrons. The number of carbonyl (C=O) groups is 4. The molecule has 0 aliphatic carbocycles. The predicted molar refractivity (Wildman–Crippen MR) is 218 cm³/mol. The van der Waals surface area contributed by atoms with Crippen molar-refractivity contribution in [1.82, 2.24) is 25.4 Å². The zero-order chi connectivity index (χ0) is 40.7. The number of thiazole rings is 1. The van der Waals surface area contributed by atoms with E-state index in [-0.39, 0.29) is 62.4 Å². The Morgan fingerprint density at radius 3 is 2.41 bits per heavy atom. The Balaban J connectivity index is 1.15. The van der Waals surface area contributed by atoms with Crippen molar-refractivity contribution in [1.29, 1.82) is 0 Å². The minimum absolute atomic E-state index is 0.00105. The number of hydrogen-bond acceptors (Lipinski definition) is 10. The van der Waals surface area contributed by atoms with Gasteiger partial charge >= 0.3 is 0 Å². The minimum atomic E-state index is -0.918. The fourth-order valence-corrected chi connectivity index (χ4v) is 8.54. The van der Waals surface area contributed by atoms with Crippen molar-refractivity contribution < 1.29 is 29.0 Å². The molecule has 0 radical (unpaired) electrons. The Bertz CT molecular complexity index is 1840. The van der Waals surface area contributed by atoms with Gasteiger partial charge in [-0.2, -0.15) is 0 Å². The van der Waals surface area contributed by atoms with E-state index < -0.39 is 35.4 Å². The number of β-amino-alcohol motifs (C(OH)–C–C–N with tert-alkyl or cyclic N) is 1. The van der Waals surface area contributed by atoms with Crippen LogP contribution in [-0.4, -0.2) is 101 Å². The van der Waals surface area contributed by atoms with Gasteiger partial charge in [0.15, 0.2) is 0 Å². The van der Waals surface area contributed by atoms with Gasteiger partial charge in [0.1, 0.15) is 24.4 Å². The lowest BCUT2D eigenvalue weighted by Crippen LogP contribution is -2.59. The number of aryl methyl sites for hydroxylation is 1. The summed E-state index contributed by atoms with van der Waals surface area (Å²) in [4.78, 5) is 61.3. The third kappa shape index (κ3) is 11.1. The van der Waals surface area contributed by atoms with E-state index >= 15 is 0 Å². The molecule has 0 bridgehead atoms. The fourth-order valence-electron chi connectivity index (χ4n) is 7.39. The molecule has 2 fully saturated rings. The van der Waals surface area contributed by atoms with E-state index in [0.717, 1.165) is 40.1 Å². The van der Waals surface area contributed by atoms with Crippen molar-refractivity contribution in [2.24, 2.45) is 16.9 Å². The number of benzene rings is 2. The topological polar surface area (TPSA) is 193 Å². The largest absolute Gasteiger partial charge is 0.490 e. The number of nitrogens with one attached hydrogen (secondary N) is 2. The van der Waals surface area contributed by atoms with E-state index in [1.54, 1.807) is 17.4 Å². The van der Waals surface area contributed by atoms with Gasteiger partial charge in [0.2, 0.25) is 23.6 Å². The number of aliphatic hydroxyl groups excluding tert-OH is 1. The van der Waals surface area contributed by atoms with E-state index in [1.165, 1.54) is 4.90 Å². The molecule has 2 aliphatic heterocycles. The maximum absolute atomic E-state index is 14.2. The van der Waals surface area contributed by atoms with Crippen molar-refractivity contribution >= 4 is 46.6 Å². The molecule has 1 aromatic heterocycles. The lowest BCUT2D eigenvalue weighted by atomic mass is 9.85. The van der Waals surface area contributed by atoms with Gasteiger partial charge in [-0.05, 0) is 80.3 Å². The number of carbonyl (C=O) groups excluding carboxylic acids is 4. The summed E-state index contributed by atoms with van der Waals surface area (Å²) >= 11 is 8.36. The molecular formula is C41H56ClN7O6S. The zero-order valence-electron chi connectivity index (χ0n) is 32.9. The summed E-state index contributed by atoms with van der Waals surface area (Å²) in [5, 5.41) is 17.2. The maximum atomic E-state index is 14.2. The van der Waals surface area contributed by atoms with Gasteiger partial charge in [0, 0.05) is 25.4 Å². The van der Waals surface area contributed by atoms with Crippen LogP contribution in [-0.2, 0) is 19.2 Å². The van der Waals surface area contributed by atoms with E-state index in [0.29, 0.717) is 30.3 Å². The summed E-state index contributed by atoms with van der Waals surface area (Å²) in [6, 6.07) is 11.1. The molecule has 2 aliphatic rings. The van der Waals surface area contributed by atoms with Gasteiger partial charge < -0.3 is 36.8 Å². The molecule has 13 nitrogen and oxygen atoms in total. The molecule has 2 saturated heterocycles. The van der Waals surface area contributed by atoms with E-state index in [1.807, 2.05) is 76.5 Å². The van der Waals surface area contributed by atoms with Crippen LogP contribution in [0.2, 0.25) is 5.02 Å². The molecule has 0 unspecified atom stereocenters. The summed E-state index contributed by atoms with van der Waals surface area (Å²) in [5.41, 5.74) is 16.3.